The number of ether oxygens (including phenoxy) is 1. The molecule has 4 nitrogen and oxygen atoms in total. The zero-order valence-electron chi connectivity index (χ0n) is 15.8. The summed E-state index contributed by atoms with van der Waals surface area (Å²) in [4.78, 5) is 16.0. The van der Waals surface area contributed by atoms with Crippen LogP contribution in [0, 0.1) is 0 Å². The topological polar surface area (TPSA) is 49.8 Å². The highest BCUT2D eigenvalue weighted by Crippen LogP contribution is 2.47. The Morgan fingerprint density at radius 3 is 2.54 bits per heavy atom. The Hall–Kier alpha value is -1.39. The molecule has 0 radical (unpaired) electrons. The van der Waals surface area contributed by atoms with Crippen LogP contribution in [-0.4, -0.2) is 47.3 Å². The van der Waals surface area contributed by atoms with Crippen molar-refractivity contribution in [2.75, 3.05) is 13.7 Å². The fourth-order valence-electron chi connectivity index (χ4n) is 5.73. The molecule has 4 rings (SSSR count). The van der Waals surface area contributed by atoms with Gasteiger partial charge in [-0.3, -0.25) is 4.79 Å². The molecule has 1 aliphatic heterocycles. The maximum absolute atomic E-state index is 13.9. The number of aliphatic hydroxyl groups excluding tert-OH is 1. The molecular formula is C22H31NO3. The van der Waals surface area contributed by atoms with Gasteiger partial charge < -0.3 is 14.7 Å². The van der Waals surface area contributed by atoms with Crippen LogP contribution in [0.15, 0.2) is 30.3 Å². The number of fused-ring (bicyclic) bond motifs is 1. The van der Waals surface area contributed by atoms with Crippen LogP contribution in [0.25, 0.3) is 0 Å². The average Bonchev–Trinajstić information content (AvgIpc) is 3.07. The van der Waals surface area contributed by atoms with E-state index in [2.05, 4.69) is 17.0 Å². The molecule has 4 heteroatoms. The van der Waals surface area contributed by atoms with E-state index in [1.54, 1.807) is 7.11 Å². The van der Waals surface area contributed by atoms with Gasteiger partial charge in [-0.2, -0.15) is 0 Å². The minimum Gasteiger partial charge on any atom is -0.393 e. The van der Waals surface area contributed by atoms with Crippen LogP contribution in [0.1, 0.15) is 63.4 Å². The van der Waals surface area contributed by atoms with E-state index in [1.807, 2.05) is 18.2 Å². The van der Waals surface area contributed by atoms with Crippen molar-refractivity contribution in [3.8, 4) is 0 Å². The van der Waals surface area contributed by atoms with E-state index in [1.165, 1.54) is 6.42 Å². The van der Waals surface area contributed by atoms with Gasteiger partial charge in [-0.1, -0.05) is 49.6 Å². The molecule has 1 aromatic carbocycles. The van der Waals surface area contributed by atoms with Crippen LogP contribution in [0.3, 0.4) is 0 Å². The number of likely N-dealkylation sites (tertiary alicyclic amines) is 1. The normalized spacial score (nSPS) is 33.7. The van der Waals surface area contributed by atoms with Crippen molar-refractivity contribution < 1.29 is 14.6 Å². The molecular weight excluding hydrogens is 326 g/mol. The molecule has 26 heavy (non-hydrogen) atoms. The second-order valence-electron chi connectivity index (χ2n) is 8.47. The van der Waals surface area contributed by atoms with Crippen molar-refractivity contribution in [1.82, 2.24) is 4.90 Å². The molecule has 0 unspecified atom stereocenters. The minimum absolute atomic E-state index is 0.00580. The highest BCUT2D eigenvalue weighted by Gasteiger charge is 2.55. The highest BCUT2D eigenvalue weighted by atomic mass is 16.5. The summed E-state index contributed by atoms with van der Waals surface area (Å²) in [6.45, 7) is 0.749. The van der Waals surface area contributed by atoms with E-state index < -0.39 is 5.41 Å². The lowest BCUT2D eigenvalue weighted by atomic mass is 9.68. The van der Waals surface area contributed by atoms with Crippen LogP contribution in [0.5, 0.6) is 0 Å². The Kier molecular flexibility index (Phi) is 4.83. The maximum atomic E-state index is 13.9. The first kappa shape index (κ1) is 18.0. The molecule has 0 spiro atoms. The quantitative estimate of drug-likeness (QED) is 0.902. The fraction of sp³-hybridized carbons (Fsp3) is 0.682. The molecule has 142 valence electrons. The van der Waals surface area contributed by atoms with Gasteiger partial charge in [0.2, 0.25) is 5.91 Å². The maximum Gasteiger partial charge on any atom is 0.233 e. The molecule has 2 saturated carbocycles. The molecule has 3 atom stereocenters. The third-order valence-electron chi connectivity index (χ3n) is 7.27. The van der Waals surface area contributed by atoms with Gasteiger partial charge in [0, 0.05) is 13.7 Å². The predicted molar refractivity (Wildman–Crippen MR) is 101 cm³/mol. The van der Waals surface area contributed by atoms with Crippen molar-refractivity contribution in [3.05, 3.63) is 35.9 Å². The van der Waals surface area contributed by atoms with Crippen LogP contribution in [0.2, 0.25) is 0 Å². The smallest absolute Gasteiger partial charge is 0.233 e. The molecule has 1 heterocycles. The highest BCUT2D eigenvalue weighted by molar-refractivity contribution is 5.89. The van der Waals surface area contributed by atoms with E-state index in [0.29, 0.717) is 6.42 Å². The molecule has 1 saturated heterocycles. The number of hydrogen-bond acceptors (Lipinski definition) is 3. The summed E-state index contributed by atoms with van der Waals surface area (Å²) in [6.07, 6.45) is 8.12. The van der Waals surface area contributed by atoms with Gasteiger partial charge in [-0.05, 0) is 44.1 Å². The van der Waals surface area contributed by atoms with Crippen LogP contribution < -0.4 is 0 Å². The fourth-order valence-corrected chi connectivity index (χ4v) is 5.73. The molecule has 1 N–H and O–H groups in total. The van der Waals surface area contributed by atoms with Crippen molar-refractivity contribution in [2.24, 2.45) is 0 Å². The lowest BCUT2D eigenvalue weighted by Gasteiger charge is -2.46. The number of methoxy groups -OCH3 is 1. The van der Waals surface area contributed by atoms with Gasteiger partial charge in [-0.15, -0.1) is 0 Å². The third kappa shape index (κ3) is 2.78. The van der Waals surface area contributed by atoms with Gasteiger partial charge >= 0.3 is 0 Å². The third-order valence-corrected chi connectivity index (χ3v) is 7.27. The zero-order chi connectivity index (χ0) is 18.2. The molecule has 1 aromatic rings. The molecule has 3 aliphatic rings. The van der Waals surface area contributed by atoms with Crippen molar-refractivity contribution in [1.29, 1.82) is 0 Å². The predicted octanol–water partition coefficient (Wildman–Crippen LogP) is 3.42. The molecule has 0 aromatic heterocycles. The largest absolute Gasteiger partial charge is 0.393 e. The van der Waals surface area contributed by atoms with Crippen LogP contribution in [0.4, 0.5) is 0 Å². The van der Waals surface area contributed by atoms with Gasteiger partial charge in [0.15, 0.2) is 0 Å². The molecule has 1 amide bonds. The van der Waals surface area contributed by atoms with E-state index in [9.17, 15) is 9.90 Å². The van der Waals surface area contributed by atoms with E-state index >= 15 is 0 Å². The van der Waals surface area contributed by atoms with Gasteiger partial charge in [-0.25, -0.2) is 0 Å². The second kappa shape index (κ2) is 6.97. The number of amides is 1. The molecule has 0 bridgehead atoms. The van der Waals surface area contributed by atoms with E-state index in [-0.39, 0.29) is 23.7 Å². The number of benzene rings is 1. The summed E-state index contributed by atoms with van der Waals surface area (Å²) in [5, 5.41) is 10.3. The van der Waals surface area contributed by atoms with Gasteiger partial charge in [0.05, 0.1) is 23.2 Å². The summed E-state index contributed by atoms with van der Waals surface area (Å²) in [5.74, 6) is 0.265. The lowest BCUT2D eigenvalue weighted by Crippen LogP contribution is -2.56. The number of nitrogens with zero attached hydrogens (tertiary/aromatic N) is 1. The first-order valence-corrected chi connectivity index (χ1v) is 10.2. The Bertz CT molecular complexity index is 640. The standard InChI is InChI=1S/C22H31NO3/c1-26-22-13-10-18(24)16-19(22)23(15-14-22)20(25)21(11-6-3-7-12-21)17-8-4-2-5-9-17/h2,4-5,8-9,18-19,24H,3,6-7,10-16H2,1H3/t18-,19+,22-/m1/s1. The van der Waals surface area contributed by atoms with E-state index in [0.717, 1.165) is 57.1 Å². The SMILES string of the molecule is CO[C@@]12CC[C@@H](O)C[C@@H]1N(C(=O)C1(c3ccccc3)CCCCC1)CC2. The van der Waals surface area contributed by atoms with Crippen molar-refractivity contribution in [2.45, 2.75) is 80.9 Å². The molecule has 3 fully saturated rings. The number of carbonyl (C=O) groups excluding carboxylic acids is 1. The summed E-state index contributed by atoms with van der Waals surface area (Å²) < 4.78 is 5.95. The average molecular weight is 357 g/mol. The van der Waals surface area contributed by atoms with Crippen LogP contribution >= 0.6 is 0 Å². The summed E-state index contributed by atoms with van der Waals surface area (Å²) in [5.41, 5.74) is 0.503. The summed E-state index contributed by atoms with van der Waals surface area (Å²) >= 11 is 0. The lowest BCUT2D eigenvalue weighted by molar-refractivity contribution is -0.147. The molecule has 2 aliphatic carbocycles. The first-order valence-electron chi connectivity index (χ1n) is 10.2. The Balaban J connectivity index is 1.68. The van der Waals surface area contributed by atoms with Crippen molar-refractivity contribution >= 4 is 5.91 Å². The number of hydrogen-bond donors (Lipinski definition) is 1. The minimum atomic E-state index is -0.397. The Labute approximate surface area is 156 Å². The monoisotopic (exact) mass is 357 g/mol. The Morgan fingerprint density at radius 2 is 1.85 bits per heavy atom. The van der Waals surface area contributed by atoms with Crippen LogP contribution in [-0.2, 0) is 14.9 Å². The number of aliphatic hydroxyl groups is 1. The van der Waals surface area contributed by atoms with Gasteiger partial charge in [0.25, 0.3) is 0 Å². The van der Waals surface area contributed by atoms with Crippen molar-refractivity contribution in [3.63, 3.8) is 0 Å². The summed E-state index contributed by atoms with van der Waals surface area (Å²) in [7, 11) is 1.77. The zero-order valence-corrected chi connectivity index (χ0v) is 15.8. The number of rotatable bonds is 3. The van der Waals surface area contributed by atoms with Gasteiger partial charge in [0.1, 0.15) is 0 Å². The Morgan fingerprint density at radius 1 is 1.12 bits per heavy atom. The number of carbonyl (C=O) groups is 1. The van der Waals surface area contributed by atoms with E-state index in [4.69, 9.17) is 4.74 Å². The summed E-state index contributed by atoms with van der Waals surface area (Å²) in [6, 6.07) is 10.4. The first-order chi connectivity index (χ1) is 12.6. The second-order valence-corrected chi connectivity index (χ2v) is 8.47.